The maximum absolute atomic E-state index is 13.0. The molecule has 2 rings (SSSR count). The molecule has 0 aromatic heterocycles. The van der Waals surface area contributed by atoms with Gasteiger partial charge in [-0.3, -0.25) is 4.79 Å². The summed E-state index contributed by atoms with van der Waals surface area (Å²) in [6.45, 7) is 7.75. The highest BCUT2D eigenvalue weighted by molar-refractivity contribution is 6.33. The third-order valence-corrected chi connectivity index (χ3v) is 4.15. The van der Waals surface area contributed by atoms with Crippen LogP contribution in [0.3, 0.4) is 0 Å². The smallest absolute Gasteiger partial charge is 0.340 e. The van der Waals surface area contributed by atoms with Crippen molar-refractivity contribution in [3.8, 4) is 0 Å². The molecule has 2 aromatic rings. The second-order valence-electron chi connectivity index (χ2n) is 6.86. The van der Waals surface area contributed by atoms with E-state index in [2.05, 4.69) is 20.8 Å². The number of halogens is 2. The van der Waals surface area contributed by atoms with Gasteiger partial charge in [-0.05, 0) is 36.1 Å². The van der Waals surface area contributed by atoms with E-state index in [1.165, 1.54) is 13.0 Å². The Bertz CT molecular complexity index is 792. The second kappa shape index (κ2) is 7.36. The second-order valence-corrected chi connectivity index (χ2v) is 7.27. The van der Waals surface area contributed by atoms with Crippen molar-refractivity contribution < 1.29 is 18.7 Å². The van der Waals surface area contributed by atoms with E-state index >= 15 is 0 Å². The van der Waals surface area contributed by atoms with Crippen molar-refractivity contribution in [2.45, 2.75) is 39.2 Å². The number of carbonyl (C=O) groups is 2. The van der Waals surface area contributed by atoms with Crippen LogP contribution in [0, 0.1) is 5.82 Å². The van der Waals surface area contributed by atoms with Crippen LogP contribution in [-0.4, -0.2) is 17.9 Å². The minimum absolute atomic E-state index is 0.0149. The van der Waals surface area contributed by atoms with Crippen LogP contribution in [0.25, 0.3) is 0 Å². The predicted octanol–water partition coefficient (Wildman–Crippen LogP) is 5.20. The Balaban J connectivity index is 2.10. The first-order valence-corrected chi connectivity index (χ1v) is 8.28. The normalized spacial score (nSPS) is 12.6. The van der Waals surface area contributed by atoms with Gasteiger partial charge in [-0.25, -0.2) is 9.18 Å². The third-order valence-electron chi connectivity index (χ3n) is 3.84. The molecule has 0 saturated heterocycles. The molecule has 25 heavy (non-hydrogen) atoms. The maximum atomic E-state index is 13.0. The maximum Gasteiger partial charge on any atom is 0.340 e. The number of rotatable bonds is 4. The standard InChI is InChI=1S/C20H20ClFO3/c1-12(25-19(24)16-10-9-15(22)11-17(16)21)18(23)13-5-7-14(8-6-13)20(2,3)4/h5-12H,1-4H3/t12-/m0/s1. The molecule has 0 fully saturated rings. The molecule has 0 radical (unpaired) electrons. The Kier molecular flexibility index (Phi) is 5.63. The van der Waals surface area contributed by atoms with Crippen LogP contribution in [0.5, 0.6) is 0 Å². The molecule has 0 heterocycles. The first kappa shape index (κ1) is 19.1. The number of ether oxygens (including phenoxy) is 1. The average Bonchev–Trinajstić information content (AvgIpc) is 2.53. The summed E-state index contributed by atoms with van der Waals surface area (Å²) in [5.41, 5.74) is 1.56. The van der Waals surface area contributed by atoms with E-state index in [0.717, 1.165) is 17.7 Å². The number of hydrogen-bond acceptors (Lipinski definition) is 3. The molecule has 0 amide bonds. The number of ketones is 1. The quantitative estimate of drug-likeness (QED) is 0.554. The fourth-order valence-electron chi connectivity index (χ4n) is 2.30. The van der Waals surface area contributed by atoms with Gasteiger partial charge in [0.2, 0.25) is 5.78 Å². The van der Waals surface area contributed by atoms with Gasteiger partial charge >= 0.3 is 5.97 Å². The van der Waals surface area contributed by atoms with Crippen molar-refractivity contribution in [1.29, 1.82) is 0 Å². The Morgan fingerprint density at radius 3 is 2.20 bits per heavy atom. The molecule has 0 aliphatic rings. The first-order valence-electron chi connectivity index (χ1n) is 7.90. The van der Waals surface area contributed by atoms with Crippen molar-refractivity contribution in [2.75, 3.05) is 0 Å². The third kappa shape index (κ3) is 4.67. The zero-order valence-electron chi connectivity index (χ0n) is 14.6. The highest BCUT2D eigenvalue weighted by Crippen LogP contribution is 2.23. The van der Waals surface area contributed by atoms with Gasteiger partial charge in [0.15, 0.2) is 6.10 Å². The molecule has 0 aliphatic heterocycles. The molecule has 0 bridgehead atoms. The van der Waals surface area contributed by atoms with Crippen molar-refractivity contribution >= 4 is 23.4 Å². The number of Topliss-reactive ketones (excluding diaryl/α,β-unsaturated/α-hetero) is 1. The van der Waals surface area contributed by atoms with Crippen LogP contribution in [0.1, 0.15) is 54.0 Å². The lowest BCUT2D eigenvalue weighted by molar-refractivity contribution is 0.0319. The van der Waals surface area contributed by atoms with Crippen molar-refractivity contribution in [1.82, 2.24) is 0 Å². The van der Waals surface area contributed by atoms with Gasteiger partial charge in [-0.1, -0.05) is 56.6 Å². The minimum Gasteiger partial charge on any atom is -0.451 e. The van der Waals surface area contributed by atoms with E-state index in [4.69, 9.17) is 16.3 Å². The van der Waals surface area contributed by atoms with Crippen molar-refractivity contribution in [3.05, 3.63) is 70.0 Å². The number of esters is 1. The summed E-state index contributed by atoms with van der Waals surface area (Å²) in [6, 6.07) is 10.6. The number of benzene rings is 2. The van der Waals surface area contributed by atoms with Gasteiger partial charge in [-0.2, -0.15) is 0 Å². The van der Waals surface area contributed by atoms with E-state index in [9.17, 15) is 14.0 Å². The minimum atomic E-state index is -0.978. The molecule has 3 nitrogen and oxygen atoms in total. The highest BCUT2D eigenvalue weighted by Gasteiger charge is 2.22. The van der Waals surface area contributed by atoms with Crippen molar-refractivity contribution in [2.24, 2.45) is 0 Å². The van der Waals surface area contributed by atoms with Gasteiger partial charge in [0, 0.05) is 5.56 Å². The summed E-state index contributed by atoms with van der Waals surface area (Å²) in [5.74, 6) is -1.63. The molecule has 0 spiro atoms. The molecule has 0 unspecified atom stereocenters. The van der Waals surface area contributed by atoms with E-state index < -0.39 is 17.9 Å². The monoisotopic (exact) mass is 362 g/mol. The lowest BCUT2D eigenvalue weighted by Crippen LogP contribution is -2.24. The van der Waals surface area contributed by atoms with Gasteiger partial charge in [0.1, 0.15) is 5.82 Å². The van der Waals surface area contributed by atoms with Crippen LogP contribution in [0.15, 0.2) is 42.5 Å². The lowest BCUT2D eigenvalue weighted by atomic mass is 9.86. The molecule has 0 N–H and O–H groups in total. The van der Waals surface area contributed by atoms with Gasteiger partial charge in [-0.15, -0.1) is 0 Å². The molecule has 5 heteroatoms. The predicted molar refractivity (Wildman–Crippen MR) is 95.8 cm³/mol. The van der Waals surface area contributed by atoms with Gasteiger partial charge < -0.3 is 4.74 Å². The van der Waals surface area contributed by atoms with E-state index in [1.807, 2.05) is 12.1 Å². The molecule has 1 atom stereocenters. The fourth-order valence-corrected chi connectivity index (χ4v) is 2.55. The zero-order valence-corrected chi connectivity index (χ0v) is 15.4. The topological polar surface area (TPSA) is 43.4 Å². The fraction of sp³-hybridized carbons (Fsp3) is 0.300. The van der Waals surface area contributed by atoms with E-state index in [0.29, 0.717) is 5.56 Å². The molecular weight excluding hydrogens is 343 g/mol. The molecular formula is C20H20ClFO3. The zero-order chi connectivity index (χ0) is 18.8. The summed E-state index contributed by atoms with van der Waals surface area (Å²) >= 11 is 5.84. The Morgan fingerprint density at radius 1 is 1.08 bits per heavy atom. The Morgan fingerprint density at radius 2 is 1.68 bits per heavy atom. The van der Waals surface area contributed by atoms with Crippen LogP contribution in [-0.2, 0) is 10.2 Å². The van der Waals surface area contributed by atoms with Gasteiger partial charge in [0.25, 0.3) is 0 Å². The summed E-state index contributed by atoms with van der Waals surface area (Å²) in [7, 11) is 0. The van der Waals surface area contributed by atoms with Crippen molar-refractivity contribution in [3.63, 3.8) is 0 Å². The van der Waals surface area contributed by atoms with E-state index in [1.54, 1.807) is 12.1 Å². The molecule has 0 saturated carbocycles. The summed E-state index contributed by atoms with van der Waals surface area (Å²) in [5, 5.41) is -0.0563. The lowest BCUT2D eigenvalue weighted by Gasteiger charge is -2.19. The van der Waals surface area contributed by atoms with Crippen LogP contribution < -0.4 is 0 Å². The molecule has 0 aliphatic carbocycles. The highest BCUT2D eigenvalue weighted by atomic mass is 35.5. The summed E-state index contributed by atoms with van der Waals surface area (Å²) < 4.78 is 18.2. The summed E-state index contributed by atoms with van der Waals surface area (Å²) in [4.78, 5) is 24.6. The largest absolute Gasteiger partial charge is 0.451 e. The van der Waals surface area contributed by atoms with Crippen LogP contribution in [0.2, 0.25) is 5.02 Å². The summed E-state index contributed by atoms with van der Waals surface area (Å²) in [6.07, 6.45) is -0.978. The average molecular weight is 363 g/mol. The van der Waals surface area contributed by atoms with E-state index in [-0.39, 0.29) is 21.8 Å². The number of hydrogen-bond donors (Lipinski definition) is 0. The van der Waals surface area contributed by atoms with Gasteiger partial charge in [0.05, 0.1) is 10.6 Å². The number of carbonyl (C=O) groups excluding carboxylic acids is 2. The van der Waals surface area contributed by atoms with Crippen LogP contribution in [0.4, 0.5) is 4.39 Å². The molecule has 2 aromatic carbocycles. The Hall–Kier alpha value is -2.20. The molecule has 132 valence electrons. The van der Waals surface area contributed by atoms with Crippen LogP contribution >= 0.6 is 11.6 Å². The Labute approximate surface area is 151 Å². The first-order chi connectivity index (χ1) is 11.6. The SMILES string of the molecule is C[C@H](OC(=O)c1ccc(F)cc1Cl)C(=O)c1ccc(C(C)(C)C)cc1.